The van der Waals surface area contributed by atoms with Gasteiger partial charge in [0.25, 0.3) is 5.56 Å². The van der Waals surface area contributed by atoms with E-state index < -0.39 is 47.8 Å². The monoisotopic (exact) mass is 582 g/mol. The van der Waals surface area contributed by atoms with Gasteiger partial charge >= 0.3 is 17.6 Å². The lowest BCUT2D eigenvalue weighted by Gasteiger charge is -2.32. The summed E-state index contributed by atoms with van der Waals surface area (Å²) >= 11 is 1.71. The van der Waals surface area contributed by atoms with Crippen molar-refractivity contribution in [2.75, 3.05) is 4.43 Å². The van der Waals surface area contributed by atoms with Gasteiger partial charge in [-0.2, -0.15) is 0 Å². The van der Waals surface area contributed by atoms with Crippen molar-refractivity contribution in [2.45, 2.75) is 24.6 Å². The van der Waals surface area contributed by atoms with Crippen LogP contribution < -0.4 is 11.2 Å². The van der Waals surface area contributed by atoms with E-state index >= 15 is 4.39 Å². The van der Waals surface area contributed by atoms with Crippen LogP contribution in [0.3, 0.4) is 0 Å². The van der Waals surface area contributed by atoms with Gasteiger partial charge in [-0.15, -0.1) is 0 Å². The molecule has 0 radical (unpaired) electrons. The highest BCUT2D eigenvalue weighted by atomic mass is 127. The first kappa shape index (κ1) is 25.3. The highest BCUT2D eigenvalue weighted by Gasteiger charge is 2.41. The molecular weight excluding hydrogens is 562 g/mol. The molecule has 3 aromatic rings. The van der Waals surface area contributed by atoms with Crippen molar-refractivity contribution in [2.24, 2.45) is 0 Å². The second kappa shape index (κ2) is 11.7. The zero-order chi connectivity index (χ0) is 24.7. The number of benzene rings is 2. The van der Waals surface area contributed by atoms with E-state index in [9.17, 15) is 24.3 Å². The average molecular weight is 582 g/mol. The number of ether oxygens (including phenoxy) is 2. The number of aromatic amines is 1. The van der Waals surface area contributed by atoms with Crippen molar-refractivity contribution in [3.8, 4) is 0 Å². The number of nitrogens with zero attached hydrogens (tertiary/aromatic N) is 1. The Kier molecular flexibility index (Phi) is 8.71. The maximum absolute atomic E-state index is 15.1. The number of nitrogens with one attached hydrogen (secondary N) is 1. The summed E-state index contributed by atoms with van der Waals surface area (Å²) in [6.07, 6.45) is -6.54. The normalized spacial score (nSPS) is 14.4. The van der Waals surface area contributed by atoms with Crippen molar-refractivity contribution in [1.82, 2.24) is 9.55 Å². The molecular formula is C23H20FIN2O7. The molecule has 0 bridgehead atoms. The fraction of sp³-hybridized carbons (Fsp3) is 0.217. The van der Waals surface area contributed by atoms with Crippen molar-refractivity contribution in [3.63, 3.8) is 0 Å². The third-order valence-corrected chi connectivity index (χ3v) is 5.60. The lowest BCUT2D eigenvalue weighted by Crippen LogP contribution is -2.49. The van der Waals surface area contributed by atoms with Gasteiger partial charge in [-0.25, -0.2) is 18.8 Å². The number of esters is 2. The maximum Gasteiger partial charge on any atom is 0.338 e. The molecule has 2 N–H and O–H groups in total. The van der Waals surface area contributed by atoms with E-state index in [4.69, 9.17) is 9.47 Å². The molecule has 1 heterocycles. The van der Waals surface area contributed by atoms with Crippen LogP contribution in [0.1, 0.15) is 26.9 Å². The summed E-state index contributed by atoms with van der Waals surface area (Å²) in [5.74, 6) is -1.86. The number of halogens is 2. The Labute approximate surface area is 206 Å². The first-order chi connectivity index (χ1) is 16.3. The molecule has 34 heavy (non-hydrogen) atoms. The molecule has 11 heteroatoms. The van der Waals surface area contributed by atoms with Crippen molar-refractivity contribution in [3.05, 3.63) is 105 Å². The highest BCUT2D eigenvalue weighted by Crippen LogP contribution is 2.24. The Morgan fingerprint density at radius 3 is 1.88 bits per heavy atom. The van der Waals surface area contributed by atoms with E-state index in [0.717, 1.165) is 12.3 Å². The van der Waals surface area contributed by atoms with Crippen LogP contribution in [0, 0.1) is 0 Å². The van der Waals surface area contributed by atoms with E-state index in [1.54, 1.807) is 59.0 Å². The SMILES string of the molecule is O=C(O[C@H]([C@H](OC(=O)c1ccccc1)[C@@H](F)CI)[C@@H](O)n1ccc(=O)[nH]c1=O)c1ccccc1. The second-order valence-corrected chi connectivity index (χ2v) is 7.95. The molecule has 0 aliphatic rings. The predicted molar refractivity (Wildman–Crippen MR) is 128 cm³/mol. The number of hydrogen-bond acceptors (Lipinski definition) is 7. The standard InChI is InChI=1S/C23H20FIN2O7/c24-16(13-25)18(33-21(30)14-7-3-1-4-8-14)19(34-22(31)15-9-5-2-6-10-15)20(29)27-12-11-17(28)26-23(27)32/h1-12,16,18-20,29H,13H2,(H,26,28,32)/t16-,18+,19+,20+/m0/s1. The van der Waals surface area contributed by atoms with Crippen LogP contribution in [-0.2, 0) is 9.47 Å². The number of rotatable bonds is 9. The molecule has 178 valence electrons. The van der Waals surface area contributed by atoms with E-state index in [1.807, 2.05) is 4.98 Å². The van der Waals surface area contributed by atoms with E-state index in [1.165, 1.54) is 24.3 Å². The molecule has 0 unspecified atom stereocenters. The van der Waals surface area contributed by atoms with Crippen LogP contribution in [0.4, 0.5) is 4.39 Å². The quantitative estimate of drug-likeness (QED) is 0.225. The van der Waals surface area contributed by atoms with Crippen LogP contribution in [0.25, 0.3) is 0 Å². The summed E-state index contributed by atoms with van der Waals surface area (Å²) in [5, 5.41) is 10.9. The fourth-order valence-corrected chi connectivity index (χ4v) is 3.56. The lowest BCUT2D eigenvalue weighted by atomic mass is 10.1. The fourth-order valence-electron chi connectivity index (χ4n) is 3.06. The Hall–Kier alpha value is -3.32. The number of carbonyl (C=O) groups is 2. The van der Waals surface area contributed by atoms with Gasteiger partial charge in [0.2, 0.25) is 0 Å². The van der Waals surface area contributed by atoms with Gasteiger partial charge < -0.3 is 14.6 Å². The zero-order valence-electron chi connectivity index (χ0n) is 17.5. The number of hydrogen-bond donors (Lipinski definition) is 2. The van der Waals surface area contributed by atoms with E-state index in [0.29, 0.717) is 4.57 Å². The average Bonchev–Trinajstić information content (AvgIpc) is 2.86. The van der Waals surface area contributed by atoms with Gasteiger partial charge in [-0.05, 0) is 24.3 Å². The summed E-state index contributed by atoms with van der Waals surface area (Å²) < 4.78 is 26.3. The summed E-state index contributed by atoms with van der Waals surface area (Å²) in [6.45, 7) is 0. The number of H-pyrrole nitrogens is 1. The smallest absolute Gasteiger partial charge is 0.338 e. The van der Waals surface area contributed by atoms with Crippen molar-refractivity contribution in [1.29, 1.82) is 0 Å². The van der Waals surface area contributed by atoms with Gasteiger partial charge in [-0.1, -0.05) is 59.0 Å². The molecule has 4 atom stereocenters. The predicted octanol–water partition coefficient (Wildman–Crippen LogP) is 2.25. The Morgan fingerprint density at radius 2 is 1.41 bits per heavy atom. The minimum Gasteiger partial charge on any atom is -0.451 e. The van der Waals surface area contributed by atoms with Gasteiger partial charge in [0.05, 0.1) is 11.1 Å². The maximum atomic E-state index is 15.1. The first-order valence-corrected chi connectivity index (χ1v) is 11.6. The second-order valence-electron chi connectivity index (χ2n) is 7.07. The number of carbonyl (C=O) groups excluding carboxylic acids is 2. The number of aromatic nitrogens is 2. The Morgan fingerprint density at radius 1 is 0.912 bits per heavy atom. The molecule has 0 saturated heterocycles. The van der Waals surface area contributed by atoms with Gasteiger partial charge in [0.1, 0.15) is 6.17 Å². The molecule has 0 amide bonds. The summed E-state index contributed by atoms with van der Waals surface area (Å²) in [4.78, 5) is 51.1. The lowest BCUT2D eigenvalue weighted by molar-refractivity contribution is -0.122. The molecule has 2 aromatic carbocycles. The molecule has 0 saturated carbocycles. The van der Waals surface area contributed by atoms with Crippen LogP contribution >= 0.6 is 22.6 Å². The number of alkyl halides is 2. The number of aliphatic hydroxyl groups is 1. The zero-order valence-corrected chi connectivity index (χ0v) is 19.7. The van der Waals surface area contributed by atoms with Gasteiger partial charge in [0.15, 0.2) is 18.4 Å². The van der Waals surface area contributed by atoms with Crippen LogP contribution in [0.5, 0.6) is 0 Å². The van der Waals surface area contributed by atoms with Gasteiger partial charge in [0, 0.05) is 16.7 Å². The Balaban J connectivity index is 2.01. The molecule has 3 rings (SSSR count). The van der Waals surface area contributed by atoms with Gasteiger partial charge in [-0.3, -0.25) is 14.3 Å². The van der Waals surface area contributed by atoms with Crippen molar-refractivity contribution < 1.29 is 28.6 Å². The molecule has 0 aliphatic heterocycles. The highest BCUT2D eigenvalue weighted by molar-refractivity contribution is 14.1. The van der Waals surface area contributed by atoms with E-state index in [2.05, 4.69) is 0 Å². The van der Waals surface area contributed by atoms with Crippen molar-refractivity contribution >= 4 is 34.5 Å². The minimum absolute atomic E-state index is 0.0894. The molecule has 0 aliphatic carbocycles. The molecule has 0 fully saturated rings. The van der Waals surface area contributed by atoms with E-state index in [-0.39, 0.29) is 15.6 Å². The first-order valence-electron chi connectivity index (χ1n) is 10.0. The largest absolute Gasteiger partial charge is 0.451 e. The summed E-state index contributed by atoms with van der Waals surface area (Å²) in [6, 6.07) is 16.4. The molecule has 9 nitrogen and oxygen atoms in total. The molecule has 1 aromatic heterocycles. The minimum atomic E-state index is -1.99. The van der Waals surface area contributed by atoms with Crippen LogP contribution in [0.2, 0.25) is 0 Å². The van der Waals surface area contributed by atoms with Crippen LogP contribution in [0.15, 0.2) is 82.5 Å². The number of aliphatic hydroxyl groups excluding tert-OH is 1. The topological polar surface area (TPSA) is 128 Å². The summed E-state index contributed by atoms with van der Waals surface area (Å²) in [7, 11) is 0. The summed E-state index contributed by atoms with van der Waals surface area (Å²) in [5.41, 5.74) is -1.56. The third-order valence-electron chi connectivity index (χ3n) is 4.76. The third kappa shape index (κ3) is 6.17. The van der Waals surface area contributed by atoms with Crippen LogP contribution in [-0.4, -0.2) is 49.4 Å². The Bertz CT molecular complexity index is 1230. The molecule has 0 spiro atoms.